The summed E-state index contributed by atoms with van der Waals surface area (Å²) in [6.07, 6.45) is -0.112. The Balaban J connectivity index is 1.70. The maximum atomic E-state index is 12.6. The lowest BCUT2D eigenvalue weighted by molar-refractivity contribution is -0.122. The number of carbonyl (C=O) groups is 1. The number of fused-ring (bicyclic) bond motifs is 1. The molecule has 0 bridgehead atoms. The zero-order valence-corrected chi connectivity index (χ0v) is 14.3. The van der Waals surface area contributed by atoms with Crippen molar-refractivity contribution < 1.29 is 23.7 Å². The first-order valence-corrected chi connectivity index (χ1v) is 8.21. The SMILES string of the molecule is CC[C@@H](Oc1ccccc1OC)C(=O)Nc1ccc2c(c1)OCCO2. The minimum Gasteiger partial charge on any atom is -0.493 e. The highest BCUT2D eigenvalue weighted by Gasteiger charge is 2.21. The second-order valence-corrected chi connectivity index (χ2v) is 5.51. The van der Waals surface area contributed by atoms with Crippen molar-refractivity contribution in [3.8, 4) is 23.0 Å². The van der Waals surface area contributed by atoms with Gasteiger partial charge in [0, 0.05) is 11.8 Å². The van der Waals surface area contributed by atoms with Gasteiger partial charge in [-0.25, -0.2) is 0 Å². The molecule has 0 saturated carbocycles. The van der Waals surface area contributed by atoms with Crippen molar-refractivity contribution in [1.82, 2.24) is 0 Å². The fourth-order valence-electron chi connectivity index (χ4n) is 2.54. The highest BCUT2D eigenvalue weighted by molar-refractivity contribution is 5.94. The summed E-state index contributed by atoms with van der Waals surface area (Å²) in [5.74, 6) is 2.21. The zero-order chi connectivity index (χ0) is 17.6. The molecule has 132 valence electrons. The first-order chi connectivity index (χ1) is 12.2. The topological polar surface area (TPSA) is 66.0 Å². The highest BCUT2D eigenvalue weighted by atomic mass is 16.6. The Morgan fingerprint density at radius 2 is 1.84 bits per heavy atom. The Kier molecular flexibility index (Phi) is 5.28. The van der Waals surface area contributed by atoms with Gasteiger partial charge < -0.3 is 24.3 Å². The molecule has 1 amide bonds. The van der Waals surface area contributed by atoms with Gasteiger partial charge in [0.05, 0.1) is 7.11 Å². The third kappa shape index (κ3) is 3.96. The van der Waals surface area contributed by atoms with Crippen LogP contribution in [0.4, 0.5) is 5.69 Å². The molecule has 0 radical (unpaired) electrons. The van der Waals surface area contributed by atoms with Crippen molar-refractivity contribution in [1.29, 1.82) is 0 Å². The summed E-state index contributed by atoms with van der Waals surface area (Å²) in [5.41, 5.74) is 0.635. The second kappa shape index (κ2) is 7.79. The smallest absolute Gasteiger partial charge is 0.265 e. The minimum atomic E-state index is -0.635. The predicted molar refractivity (Wildman–Crippen MR) is 93.8 cm³/mol. The van der Waals surface area contributed by atoms with Gasteiger partial charge in [0.25, 0.3) is 5.91 Å². The van der Waals surface area contributed by atoms with Crippen LogP contribution < -0.4 is 24.3 Å². The average Bonchev–Trinajstić information content (AvgIpc) is 2.66. The van der Waals surface area contributed by atoms with Crippen molar-refractivity contribution in [3.63, 3.8) is 0 Å². The summed E-state index contributed by atoms with van der Waals surface area (Å²) in [4.78, 5) is 12.6. The summed E-state index contributed by atoms with van der Waals surface area (Å²) in [7, 11) is 1.57. The Morgan fingerprint density at radius 1 is 1.12 bits per heavy atom. The lowest BCUT2D eigenvalue weighted by Gasteiger charge is -2.21. The van der Waals surface area contributed by atoms with Crippen LogP contribution in [-0.2, 0) is 4.79 Å². The molecule has 0 aliphatic carbocycles. The average molecular weight is 343 g/mol. The molecule has 6 heteroatoms. The van der Waals surface area contributed by atoms with Crippen molar-refractivity contribution in [2.75, 3.05) is 25.6 Å². The van der Waals surface area contributed by atoms with Gasteiger partial charge >= 0.3 is 0 Å². The van der Waals surface area contributed by atoms with Crippen LogP contribution in [0.25, 0.3) is 0 Å². The number of ether oxygens (including phenoxy) is 4. The summed E-state index contributed by atoms with van der Waals surface area (Å²) in [6.45, 7) is 2.92. The van der Waals surface area contributed by atoms with Crippen LogP contribution in [0.3, 0.4) is 0 Å². The largest absolute Gasteiger partial charge is 0.493 e. The fourth-order valence-corrected chi connectivity index (χ4v) is 2.54. The molecule has 0 aromatic heterocycles. The molecule has 2 aromatic rings. The number of nitrogens with one attached hydrogen (secondary N) is 1. The molecule has 0 spiro atoms. The molecule has 1 aliphatic heterocycles. The van der Waals surface area contributed by atoms with E-state index in [1.54, 1.807) is 37.4 Å². The van der Waals surface area contributed by atoms with Gasteiger partial charge in [0.1, 0.15) is 13.2 Å². The van der Waals surface area contributed by atoms with Gasteiger partial charge in [-0.05, 0) is 30.7 Å². The number of anilines is 1. The van der Waals surface area contributed by atoms with Gasteiger partial charge in [-0.1, -0.05) is 19.1 Å². The van der Waals surface area contributed by atoms with Gasteiger partial charge in [0.15, 0.2) is 29.1 Å². The summed E-state index contributed by atoms with van der Waals surface area (Å²) in [6, 6.07) is 12.6. The molecule has 3 rings (SSSR count). The van der Waals surface area contributed by atoms with E-state index >= 15 is 0 Å². The van der Waals surface area contributed by atoms with Crippen LogP contribution in [0.5, 0.6) is 23.0 Å². The molecule has 0 fully saturated rings. The molecule has 1 heterocycles. The van der Waals surface area contributed by atoms with Crippen LogP contribution in [0, 0.1) is 0 Å². The minimum absolute atomic E-state index is 0.231. The number of carbonyl (C=O) groups excluding carboxylic acids is 1. The third-order valence-electron chi connectivity index (χ3n) is 3.81. The molecule has 1 atom stereocenters. The number of methoxy groups -OCH3 is 1. The second-order valence-electron chi connectivity index (χ2n) is 5.51. The van der Waals surface area contributed by atoms with Crippen LogP contribution in [0.1, 0.15) is 13.3 Å². The number of rotatable bonds is 6. The van der Waals surface area contributed by atoms with E-state index in [4.69, 9.17) is 18.9 Å². The first-order valence-electron chi connectivity index (χ1n) is 8.21. The number of benzene rings is 2. The maximum Gasteiger partial charge on any atom is 0.265 e. The predicted octanol–water partition coefficient (Wildman–Crippen LogP) is 3.26. The number of para-hydroxylation sites is 2. The van der Waals surface area contributed by atoms with Crippen molar-refractivity contribution >= 4 is 11.6 Å². The number of amides is 1. The summed E-state index contributed by atoms with van der Waals surface area (Å²) >= 11 is 0. The molecule has 1 N–H and O–H groups in total. The van der Waals surface area contributed by atoms with Crippen molar-refractivity contribution in [2.24, 2.45) is 0 Å². The fraction of sp³-hybridized carbons (Fsp3) is 0.316. The van der Waals surface area contributed by atoms with Gasteiger partial charge in [0.2, 0.25) is 0 Å². The van der Waals surface area contributed by atoms with Gasteiger partial charge in [-0.3, -0.25) is 4.79 Å². The van der Waals surface area contributed by atoms with Crippen LogP contribution in [-0.4, -0.2) is 32.3 Å². The van der Waals surface area contributed by atoms with Crippen LogP contribution in [0.15, 0.2) is 42.5 Å². The monoisotopic (exact) mass is 343 g/mol. The van der Waals surface area contributed by atoms with Crippen LogP contribution in [0.2, 0.25) is 0 Å². The number of hydrogen-bond donors (Lipinski definition) is 1. The van der Waals surface area contributed by atoms with Crippen molar-refractivity contribution in [3.05, 3.63) is 42.5 Å². The van der Waals surface area contributed by atoms with E-state index in [1.807, 2.05) is 19.1 Å². The van der Waals surface area contributed by atoms with E-state index < -0.39 is 6.10 Å². The molecule has 0 unspecified atom stereocenters. The Morgan fingerprint density at radius 3 is 2.56 bits per heavy atom. The summed E-state index contributed by atoms with van der Waals surface area (Å²) in [5, 5.41) is 2.86. The first kappa shape index (κ1) is 17.0. The quantitative estimate of drug-likeness (QED) is 0.872. The standard InChI is InChI=1S/C19H21NO5/c1-3-14(25-17-7-5-4-6-15(17)22-2)19(21)20-13-8-9-16-18(12-13)24-11-10-23-16/h4-9,12,14H,3,10-11H2,1-2H3,(H,20,21)/t14-/m1/s1. The lowest BCUT2D eigenvalue weighted by Crippen LogP contribution is -2.32. The normalized spacial score (nSPS) is 13.7. The zero-order valence-electron chi connectivity index (χ0n) is 14.3. The maximum absolute atomic E-state index is 12.6. The molecule has 0 saturated heterocycles. The van der Waals surface area contributed by atoms with Crippen LogP contribution >= 0.6 is 0 Å². The number of hydrogen-bond acceptors (Lipinski definition) is 5. The van der Waals surface area contributed by atoms with Gasteiger partial charge in [-0.2, -0.15) is 0 Å². The molecular formula is C19H21NO5. The Hall–Kier alpha value is -2.89. The molecule has 1 aliphatic rings. The van der Waals surface area contributed by atoms with E-state index in [0.717, 1.165) is 0 Å². The van der Waals surface area contributed by atoms with E-state index in [-0.39, 0.29) is 5.91 Å². The van der Waals surface area contributed by atoms with E-state index in [2.05, 4.69) is 5.32 Å². The Labute approximate surface area is 146 Å². The molecule has 25 heavy (non-hydrogen) atoms. The summed E-state index contributed by atoms with van der Waals surface area (Å²) < 4.78 is 22.1. The van der Waals surface area contributed by atoms with E-state index in [1.165, 1.54) is 0 Å². The van der Waals surface area contributed by atoms with Gasteiger partial charge in [-0.15, -0.1) is 0 Å². The van der Waals surface area contributed by atoms with E-state index in [0.29, 0.717) is 48.3 Å². The third-order valence-corrected chi connectivity index (χ3v) is 3.81. The molecule has 6 nitrogen and oxygen atoms in total. The molecular weight excluding hydrogens is 322 g/mol. The van der Waals surface area contributed by atoms with Crippen molar-refractivity contribution in [2.45, 2.75) is 19.4 Å². The highest BCUT2D eigenvalue weighted by Crippen LogP contribution is 2.33. The molecule has 2 aromatic carbocycles. The van der Waals surface area contributed by atoms with E-state index in [9.17, 15) is 4.79 Å². The lowest BCUT2D eigenvalue weighted by atomic mass is 10.2. The Bertz CT molecular complexity index is 746.